The Balaban J connectivity index is 1.85. The first-order valence-electron chi connectivity index (χ1n) is 8.09. The third kappa shape index (κ3) is 3.68. The molecule has 3 rings (SSSR count). The quantitative estimate of drug-likeness (QED) is 0.485. The molecule has 1 aliphatic heterocycles. The van der Waals surface area contributed by atoms with Crippen LogP contribution < -0.4 is 10.2 Å². The van der Waals surface area contributed by atoms with Gasteiger partial charge in [0.2, 0.25) is 11.6 Å². The Hall–Kier alpha value is -3.30. The van der Waals surface area contributed by atoms with Gasteiger partial charge in [-0.2, -0.15) is 0 Å². The summed E-state index contributed by atoms with van der Waals surface area (Å²) < 4.78 is 4.77. The van der Waals surface area contributed by atoms with Crippen molar-refractivity contribution in [3.63, 3.8) is 0 Å². The molecule has 0 saturated carbocycles. The van der Waals surface area contributed by atoms with E-state index in [4.69, 9.17) is 4.74 Å². The number of nitrogens with one attached hydrogen (secondary N) is 1. The number of carbonyl (C=O) groups excluding carboxylic acids is 1. The zero-order chi connectivity index (χ0) is 18.5. The predicted octanol–water partition coefficient (Wildman–Crippen LogP) is 1.91. The van der Waals surface area contributed by atoms with Crippen molar-refractivity contribution in [3.05, 3.63) is 41.0 Å². The van der Waals surface area contributed by atoms with Crippen molar-refractivity contribution < 1.29 is 14.5 Å². The number of pyridine rings is 1. The van der Waals surface area contributed by atoms with E-state index in [1.807, 2.05) is 0 Å². The van der Waals surface area contributed by atoms with E-state index in [1.165, 1.54) is 13.4 Å². The van der Waals surface area contributed by atoms with Gasteiger partial charge in [-0.1, -0.05) is 0 Å². The lowest BCUT2D eigenvalue weighted by atomic mass is 9.97. The highest BCUT2D eigenvalue weighted by Crippen LogP contribution is 2.35. The van der Waals surface area contributed by atoms with Crippen LogP contribution in [-0.2, 0) is 9.53 Å². The number of methoxy groups -OCH3 is 1. The Morgan fingerprint density at radius 3 is 2.77 bits per heavy atom. The minimum atomic E-state index is -0.500. The Morgan fingerprint density at radius 1 is 1.38 bits per heavy atom. The second kappa shape index (κ2) is 7.72. The maximum Gasteiger partial charge on any atom is 0.353 e. The smallest absolute Gasteiger partial charge is 0.353 e. The van der Waals surface area contributed by atoms with Crippen molar-refractivity contribution in [1.82, 2.24) is 15.0 Å². The number of anilines is 3. The van der Waals surface area contributed by atoms with Crippen molar-refractivity contribution in [2.75, 3.05) is 30.4 Å². The van der Waals surface area contributed by atoms with Crippen LogP contribution in [0, 0.1) is 16.0 Å². The van der Waals surface area contributed by atoms with Gasteiger partial charge in [-0.25, -0.2) is 9.97 Å². The predicted molar refractivity (Wildman–Crippen MR) is 93.2 cm³/mol. The standard InChI is InChI=1S/C16H18N6O4/c1-26-16(23)11-4-7-21(8-5-11)15-13(22(24)25)14(18-10-19-15)20-12-3-2-6-17-9-12/h2-3,6,9-11H,4-5,7-8H2,1H3,(H,18,19,20). The van der Waals surface area contributed by atoms with Crippen LogP contribution in [0.3, 0.4) is 0 Å². The molecule has 0 atom stereocenters. The molecule has 0 radical (unpaired) electrons. The molecule has 0 unspecified atom stereocenters. The first-order valence-corrected chi connectivity index (χ1v) is 8.09. The minimum absolute atomic E-state index is 0.100. The lowest BCUT2D eigenvalue weighted by Crippen LogP contribution is -2.37. The Bertz CT molecular complexity index is 793. The zero-order valence-electron chi connectivity index (χ0n) is 14.2. The highest BCUT2D eigenvalue weighted by Gasteiger charge is 2.32. The average Bonchev–Trinajstić information content (AvgIpc) is 2.68. The molecule has 0 aliphatic carbocycles. The molecule has 1 aliphatic rings. The molecule has 0 bridgehead atoms. The summed E-state index contributed by atoms with van der Waals surface area (Å²) in [5.41, 5.74) is 0.387. The highest BCUT2D eigenvalue weighted by atomic mass is 16.6. The second-order valence-corrected chi connectivity index (χ2v) is 5.80. The van der Waals surface area contributed by atoms with Crippen molar-refractivity contribution in [3.8, 4) is 0 Å². The normalized spacial score (nSPS) is 14.7. The van der Waals surface area contributed by atoms with Crippen LogP contribution in [-0.4, -0.2) is 46.0 Å². The van der Waals surface area contributed by atoms with Crippen LogP contribution in [0.5, 0.6) is 0 Å². The van der Waals surface area contributed by atoms with E-state index < -0.39 is 4.92 Å². The van der Waals surface area contributed by atoms with E-state index in [9.17, 15) is 14.9 Å². The Kier molecular flexibility index (Phi) is 5.20. The molecule has 10 nitrogen and oxygen atoms in total. The topological polar surface area (TPSA) is 123 Å². The average molecular weight is 358 g/mol. The molecule has 0 spiro atoms. The summed E-state index contributed by atoms with van der Waals surface area (Å²) in [4.78, 5) is 36.7. The molecular weight excluding hydrogens is 340 g/mol. The van der Waals surface area contributed by atoms with E-state index in [2.05, 4.69) is 20.3 Å². The van der Waals surface area contributed by atoms with Crippen LogP contribution in [0.15, 0.2) is 30.9 Å². The fraction of sp³-hybridized carbons (Fsp3) is 0.375. The largest absolute Gasteiger partial charge is 0.469 e. The van der Waals surface area contributed by atoms with Gasteiger partial charge in [0.25, 0.3) is 0 Å². The molecular formula is C16H18N6O4. The van der Waals surface area contributed by atoms with Gasteiger partial charge in [0.15, 0.2) is 0 Å². The van der Waals surface area contributed by atoms with E-state index in [-0.39, 0.29) is 29.2 Å². The van der Waals surface area contributed by atoms with Crippen molar-refractivity contribution in [1.29, 1.82) is 0 Å². The molecule has 0 aromatic carbocycles. The van der Waals surface area contributed by atoms with Crippen molar-refractivity contribution in [2.24, 2.45) is 5.92 Å². The second-order valence-electron chi connectivity index (χ2n) is 5.80. The van der Waals surface area contributed by atoms with Crippen LogP contribution in [0.25, 0.3) is 0 Å². The molecule has 2 aromatic rings. The molecule has 3 heterocycles. The van der Waals surface area contributed by atoms with Gasteiger partial charge in [-0.05, 0) is 25.0 Å². The number of piperidine rings is 1. The number of aromatic nitrogens is 3. The molecule has 0 amide bonds. The maximum atomic E-state index is 11.7. The van der Waals surface area contributed by atoms with Crippen molar-refractivity contribution in [2.45, 2.75) is 12.8 Å². The summed E-state index contributed by atoms with van der Waals surface area (Å²) in [5, 5.41) is 14.6. The first-order chi connectivity index (χ1) is 12.6. The van der Waals surface area contributed by atoms with Gasteiger partial charge in [0.1, 0.15) is 6.33 Å². The summed E-state index contributed by atoms with van der Waals surface area (Å²) in [7, 11) is 1.36. The number of nitrogens with zero attached hydrogens (tertiary/aromatic N) is 5. The van der Waals surface area contributed by atoms with Gasteiger partial charge in [-0.3, -0.25) is 19.9 Å². The number of rotatable bonds is 5. The number of ether oxygens (including phenoxy) is 1. The third-order valence-corrected chi connectivity index (χ3v) is 4.24. The first kappa shape index (κ1) is 17.5. The molecule has 1 fully saturated rings. The molecule has 2 aromatic heterocycles. The fourth-order valence-electron chi connectivity index (χ4n) is 2.93. The number of esters is 1. The fourth-order valence-corrected chi connectivity index (χ4v) is 2.93. The summed E-state index contributed by atoms with van der Waals surface area (Å²) in [6.07, 6.45) is 5.55. The molecule has 1 N–H and O–H groups in total. The number of hydrogen-bond acceptors (Lipinski definition) is 9. The SMILES string of the molecule is COC(=O)C1CCN(c2ncnc(Nc3cccnc3)c2[N+](=O)[O-])CC1. The molecule has 26 heavy (non-hydrogen) atoms. The van der Waals surface area contributed by atoms with Gasteiger partial charge >= 0.3 is 11.7 Å². The van der Waals surface area contributed by atoms with E-state index in [0.29, 0.717) is 31.6 Å². The molecule has 10 heteroatoms. The molecule has 136 valence electrons. The summed E-state index contributed by atoms with van der Waals surface area (Å²) >= 11 is 0. The Labute approximate surface area is 149 Å². The van der Waals surface area contributed by atoms with Crippen LogP contribution in [0.2, 0.25) is 0 Å². The van der Waals surface area contributed by atoms with Crippen LogP contribution in [0.1, 0.15) is 12.8 Å². The Morgan fingerprint density at radius 2 is 2.15 bits per heavy atom. The maximum absolute atomic E-state index is 11.7. The summed E-state index contributed by atoms with van der Waals surface area (Å²) in [6.45, 7) is 0.952. The van der Waals surface area contributed by atoms with E-state index >= 15 is 0 Å². The number of hydrogen-bond donors (Lipinski definition) is 1. The van der Waals surface area contributed by atoms with Gasteiger partial charge < -0.3 is 15.0 Å². The van der Waals surface area contributed by atoms with Gasteiger partial charge in [-0.15, -0.1) is 0 Å². The summed E-state index contributed by atoms with van der Waals surface area (Å²) in [5.74, 6) is -0.103. The lowest BCUT2D eigenvalue weighted by molar-refractivity contribution is -0.383. The third-order valence-electron chi connectivity index (χ3n) is 4.24. The summed E-state index contributed by atoms with van der Waals surface area (Å²) in [6, 6.07) is 3.45. The van der Waals surface area contributed by atoms with Gasteiger partial charge in [0.05, 0.1) is 29.8 Å². The van der Waals surface area contributed by atoms with E-state index in [1.54, 1.807) is 29.4 Å². The number of nitro groups is 1. The van der Waals surface area contributed by atoms with Gasteiger partial charge in [0, 0.05) is 19.3 Å². The lowest BCUT2D eigenvalue weighted by Gasteiger charge is -2.31. The number of carbonyl (C=O) groups is 1. The minimum Gasteiger partial charge on any atom is -0.469 e. The zero-order valence-corrected chi connectivity index (χ0v) is 14.2. The van der Waals surface area contributed by atoms with E-state index in [0.717, 1.165) is 0 Å². The molecule has 1 saturated heterocycles. The monoisotopic (exact) mass is 358 g/mol. The van der Waals surface area contributed by atoms with Crippen molar-refractivity contribution >= 4 is 29.0 Å². The highest BCUT2D eigenvalue weighted by molar-refractivity contribution is 5.75. The van der Waals surface area contributed by atoms with Crippen LogP contribution >= 0.6 is 0 Å². The van der Waals surface area contributed by atoms with Crippen LogP contribution in [0.4, 0.5) is 23.0 Å².